The van der Waals surface area contributed by atoms with Gasteiger partial charge in [-0.3, -0.25) is 4.79 Å². The lowest BCUT2D eigenvalue weighted by Gasteiger charge is -2.24. The highest BCUT2D eigenvalue weighted by atomic mass is 16.2. The molecule has 1 aromatic heterocycles. The molecule has 2 aromatic rings. The molecule has 1 amide bonds. The van der Waals surface area contributed by atoms with Crippen LogP contribution in [0.1, 0.15) is 22.1 Å². The number of carbonyl (C=O) groups excluding carboxylic acids is 1. The Kier molecular flexibility index (Phi) is 4.25. The van der Waals surface area contributed by atoms with E-state index in [9.17, 15) is 4.79 Å². The van der Waals surface area contributed by atoms with Crippen molar-refractivity contribution >= 4 is 5.91 Å². The number of H-pyrrole nitrogens is 1. The zero-order valence-corrected chi connectivity index (χ0v) is 11.0. The second kappa shape index (κ2) is 6.10. The maximum absolute atomic E-state index is 11.8. The molecule has 100 valence electrons. The number of aromatic nitrogens is 3. The summed E-state index contributed by atoms with van der Waals surface area (Å²) in [6.45, 7) is 0.517. The molecule has 0 fully saturated rings. The number of likely N-dealkylation sites (N-methyl/N-ethyl adjacent to an activating group) is 1. The summed E-state index contributed by atoms with van der Waals surface area (Å²) in [7, 11) is 3.97. The number of hydrogen-bond donors (Lipinski definition) is 2. The molecular weight excluding hydrogens is 242 g/mol. The van der Waals surface area contributed by atoms with Gasteiger partial charge in [-0.25, -0.2) is 0 Å². The second-order valence-electron chi connectivity index (χ2n) is 4.46. The summed E-state index contributed by atoms with van der Waals surface area (Å²) in [5, 5.41) is 12.6. The van der Waals surface area contributed by atoms with Crippen molar-refractivity contribution in [1.82, 2.24) is 25.6 Å². The number of carbonyl (C=O) groups is 1. The fourth-order valence-corrected chi connectivity index (χ4v) is 1.86. The Morgan fingerprint density at radius 1 is 1.37 bits per heavy atom. The number of benzene rings is 1. The highest BCUT2D eigenvalue weighted by Crippen LogP contribution is 2.16. The van der Waals surface area contributed by atoms with E-state index in [0.717, 1.165) is 5.56 Å². The molecule has 0 spiro atoms. The van der Waals surface area contributed by atoms with E-state index in [2.05, 4.69) is 25.6 Å². The lowest BCUT2D eigenvalue weighted by molar-refractivity contribution is 0.0937. The molecule has 2 rings (SSSR count). The Labute approximate surface area is 111 Å². The van der Waals surface area contributed by atoms with Gasteiger partial charge in [-0.15, -0.1) is 0 Å². The Bertz CT molecular complexity index is 509. The Hall–Kier alpha value is -2.21. The molecule has 0 aliphatic carbocycles. The van der Waals surface area contributed by atoms with E-state index in [-0.39, 0.29) is 11.9 Å². The first-order valence-electron chi connectivity index (χ1n) is 6.04. The molecule has 19 heavy (non-hydrogen) atoms. The molecule has 2 N–H and O–H groups in total. The van der Waals surface area contributed by atoms with Crippen LogP contribution in [0.2, 0.25) is 0 Å². The van der Waals surface area contributed by atoms with Crippen LogP contribution in [-0.2, 0) is 0 Å². The van der Waals surface area contributed by atoms with Crippen LogP contribution in [0.25, 0.3) is 0 Å². The molecule has 1 unspecified atom stereocenters. The van der Waals surface area contributed by atoms with Crippen molar-refractivity contribution in [3.63, 3.8) is 0 Å². The largest absolute Gasteiger partial charge is 0.349 e. The molecule has 0 aliphatic heterocycles. The topological polar surface area (TPSA) is 73.9 Å². The normalized spacial score (nSPS) is 12.4. The molecule has 6 nitrogen and oxygen atoms in total. The summed E-state index contributed by atoms with van der Waals surface area (Å²) in [5.74, 6) is -0.225. The fraction of sp³-hybridized carbons (Fsp3) is 0.308. The standard InChI is InChI=1S/C13H17N5O/c1-18(2)12(10-6-4-3-5-7-10)9-14-13(19)11-8-15-17-16-11/h3-8,12H,9H2,1-2H3,(H,14,19)(H,15,16,17). The maximum Gasteiger partial charge on any atom is 0.273 e. The van der Waals surface area contributed by atoms with E-state index >= 15 is 0 Å². The molecular formula is C13H17N5O. The highest BCUT2D eigenvalue weighted by molar-refractivity contribution is 5.91. The smallest absolute Gasteiger partial charge is 0.273 e. The predicted octanol–water partition coefficient (Wildman–Crippen LogP) is 0.837. The molecule has 0 bridgehead atoms. The van der Waals surface area contributed by atoms with Gasteiger partial charge < -0.3 is 10.2 Å². The first kappa shape index (κ1) is 13.2. The summed E-state index contributed by atoms with van der Waals surface area (Å²) >= 11 is 0. The van der Waals surface area contributed by atoms with Crippen molar-refractivity contribution in [3.8, 4) is 0 Å². The molecule has 0 radical (unpaired) electrons. The zero-order chi connectivity index (χ0) is 13.7. The van der Waals surface area contributed by atoms with Crippen LogP contribution < -0.4 is 5.32 Å². The average molecular weight is 259 g/mol. The molecule has 0 saturated carbocycles. The van der Waals surface area contributed by atoms with Gasteiger partial charge in [0.1, 0.15) is 0 Å². The number of rotatable bonds is 5. The van der Waals surface area contributed by atoms with Crippen molar-refractivity contribution in [3.05, 3.63) is 47.8 Å². The van der Waals surface area contributed by atoms with Crippen LogP contribution in [0.3, 0.4) is 0 Å². The van der Waals surface area contributed by atoms with E-state index in [1.165, 1.54) is 6.20 Å². The monoisotopic (exact) mass is 259 g/mol. The van der Waals surface area contributed by atoms with E-state index in [4.69, 9.17) is 0 Å². The Morgan fingerprint density at radius 2 is 2.11 bits per heavy atom. The van der Waals surface area contributed by atoms with Gasteiger partial charge in [0.25, 0.3) is 5.91 Å². The van der Waals surface area contributed by atoms with Gasteiger partial charge >= 0.3 is 0 Å². The van der Waals surface area contributed by atoms with Crippen LogP contribution in [0.5, 0.6) is 0 Å². The van der Waals surface area contributed by atoms with Crippen molar-refractivity contribution in [1.29, 1.82) is 0 Å². The first-order valence-corrected chi connectivity index (χ1v) is 6.04. The summed E-state index contributed by atoms with van der Waals surface area (Å²) in [6.07, 6.45) is 1.41. The molecule has 6 heteroatoms. The minimum Gasteiger partial charge on any atom is -0.349 e. The average Bonchev–Trinajstić information content (AvgIpc) is 2.93. The van der Waals surface area contributed by atoms with Gasteiger partial charge in [0.15, 0.2) is 5.69 Å². The van der Waals surface area contributed by atoms with Crippen molar-refractivity contribution < 1.29 is 4.79 Å². The van der Waals surface area contributed by atoms with Crippen LogP contribution in [0.4, 0.5) is 0 Å². The van der Waals surface area contributed by atoms with Gasteiger partial charge in [0, 0.05) is 6.54 Å². The molecule has 0 aliphatic rings. The van der Waals surface area contributed by atoms with Crippen LogP contribution in [0.15, 0.2) is 36.5 Å². The summed E-state index contributed by atoms with van der Waals surface area (Å²) < 4.78 is 0. The van der Waals surface area contributed by atoms with Gasteiger partial charge in [-0.1, -0.05) is 30.3 Å². The van der Waals surface area contributed by atoms with Crippen molar-refractivity contribution in [2.24, 2.45) is 0 Å². The third kappa shape index (κ3) is 3.38. The lowest BCUT2D eigenvalue weighted by Crippen LogP contribution is -2.34. The van der Waals surface area contributed by atoms with Gasteiger partial charge in [-0.05, 0) is 19.7 Å². The number of nitrogens with one attached hydrogen (secondary N) is 2. The van der Waals surface area contributed by atoms with Crippen LogP contribution in [-0.4, -0.2) is 46.9 Å². The second-order valence-corrected chi connectivity index (χ2v) is 4.46. The molecule has 1 heterocycles. The van der Waals surface area contributed by atoms with E-state index in [0.29, 0.717) is 12.2 Å². The lowest BCUT2D eigenvalue weighted by atomic mass is 10.1. The highest BCUT2D eigenvalue weighted by Gasteiger charge is 2.16. The van der Waals surface area contributed by atoms with Crippen molar-refractivity contribution in [2.75, 3.05) is 20.6 Å². The van der Waals surface area contributed by atoms with Gasteiger partial charge in [0.2, 0.25) is 0 Å². The van der Waals surface area contributed by atoms with E-state index < -0.39 is 0 Å². The Morgan fingerprint density at radius 3 is 2.68 bits per heavy atom. The number of amides is 1. The van der Waals surface area contributed by atoms with Gasteiger partial charge in [-0.2, -0.15) is 15.4 Å². The maximum atomic E-state index is 11.8. The third-order valence-corrected chi connectivity index (χ3v) is 2.91. The summed E-state index contributed by atoms with van der Waals surface area (Å²) in [4.78, 5) is 13.9. The summed E-state index contributed by atoms with van der Waals surface area (Å²) in [5.41, 5.74) is 1.46. The fourth-order valence-electron chi connectivity index (χ4n) is 1.86. The Balaban J connectivity index is 2.01. The first-order chi connectivity index (χ1) is 9.18. The van der Waals surface area contributed by atoms with E-state index in [1.54, 1.807) is 0 Å². The van der Waals surface area contributed by atoms with Crippen LogP contribution in [0, 0.1) is 0 Å². The van der Waals surface area contributed by atoms with E-state index in [1.807, 2.05) is 44.4 Å². The van der Waals surface area contributed by atoms with Gasteiger partial charge in [0.05, 0.1) is 12.2 Å². The third-order valence-electron chi connectivity index (χ3n) is 2.91. The molecule has 0 saturated heterocycles. The number of hydrogen-bond acceptors (Lipinski definition) is 4. The summed E-state index contributed by atoms with van der Waals surface area (Å²) in [6, 6.07) is 10.2. The number of aromatic amines is 1. The van der Waals surface area contributed by atoms with Crippen molar-refractivity contribution in [2.45, 2.75) is 6.04 Å². The quantitative estimate of drug-likeness (QED) is 0.834. The minimum atomic E-state index is -0.225. The molecule has 1 aromatic carbocycles. The minimum absolute atomic E-state index is 0.122. The zero-order valence-electron chi connectivity index (χ0n) is 11.0. The van der Waals surface area contributed by atoms with Crippen LogP contribution >= 0.6 is 0 Å². The SMILES string of the molecule is CN(C)C(CNC(=O)c1cn[nH]n1)c1ccccc1. The number of nitrogens with zero attached hydrogens (tertiary/aromatic N) is 3. The molecule has 1 atom stereocenters. The predicted molar refractivity (Wildman–Crippen MR) is 71.6 cm³/mol.